The number of aliphatic hydroxyl groups excluding tert-OH is 1. The molecule has 1 fully saturated rings. The first-order valence-corrected chi connectivity index (χ1v) is 6.62. The number of thioether (sulfide) groups is 1. The summed E-state index contributed by atoms with van der Waals surface area (Å²) in [6.45, 7) is 4.12. The van der Waals surface area contributed by atoms with E-state index in [-0.39, 0.29) is 17.9 Å². The van der Waals surface area contributed by atoms with Crippen LogP contribution in [0.2, 0.25) is 0 Å². The van der Waals surface area contributed by atoms with Crippen LogP contribution < -0.4 is 10.6 Å². The molecule has 0 aliphatic carbocycles. The summed E-state index contributed by atoms with van der Waals surface area (Å²) in [5, 5.41) is 15.4. The molecule has 2 atom stereocenters. The van der Waals surface area contributed by atoms with Crippen molar-refractivity contribution in [2.75, 3.05) is 31.1 Å². The van der Waals surface area contributed by atoms with Crippen LogP contribution in [0.4, 0.5) is 0 Å². The Morgan fingerprint density at radius 3 is 3.00 bits per heavy atom. The van der Waals surface area contributed by atoms with Crippen LogP contribution >= 0.6 is 11.8 Å². The highest BCUT2D eigenvalue weighted by Gasteiger charge is 2.24. The lowest BCUT2D eigenvalue weighted by atomic mass is 10.1. The van der Waals surface area contributed by atoms with Gasteiger partial charge in [0.25, 0.3) is 0 Å². The molecule has 0 aromatic heterocycles. The molecular weight excluding hydrogens is 212 g/mol. The molecule has 4 nitrogen and oxygen atoms in total. The van der Waals surface area contributed by atoms with Gasteiger partial charge < -0.3 is 15.7 Å². The molecule has 3 N–H and O–H groups in total. The zero-order valence-corrected chi connectivity index (χ0v) is 9.98. The topological polar surface area (TPSA) is 61.4 Å². The molecule has 1 heterocycles. The molecule has 0 spiro atoms. The first-order valence-electron chi connectivity index (χ1n) is 5.47. The molecule has 0 aromatic carbocycles. The van der Waals surface area contributed by atoms with Gasteiger partial charge in [-0.25, -0.2) is 0 Å². The van der Waals surface area contributed by atoms with Gasteiger partial charge in [0.1, 0.15) is 0 Å². The number of hydrogen-bond donors (Lipinski definition) is 3. The Bertz CT molecular complexity index is 202. The van der Waals surface area contributed by atoms with Gasteiger partial charge in [-0.3, -0.25) is 4.79 Å². The van der Waals surface area contributed by atoms with Crippen LogP contribution in [0.3, 0.4) is 0 Å². The van der Waals surface area contributed by atoms with E-state index in [1.54, 1.807) is 11.8 Å². The average Bonchev–Trinajstić information content (AvgIpc) is 2.61. The third-order valence-corrected chi connectivity index (χ3v) is 3.61. The van der Waals surface area contributed by atoms with E-state index in [4.69, 9.17) is 0 Å². The van der Waals surface area contributed by atoms with Crippen LogP contribution in [0.15, 0.2) is 0 Å². The van der Waals surface area contributed by atoms with Gasteiger partial charge in [0.2, 0.25) is 5.91 Å². The smallest absolute Gasteiger partial charge is 0.230 e. The van der Waals surface area contributed by atoms with Crippen LogP contribution in [0.5, 0.6) is 0 Å². The molecule has 2 unspecified atom stereocenters. The second-order valence-corrected chi connectivity index (χ2v) is 4.95. The first-order chi connectivity index (χ1) is 7.24. The summed E-state index contributed by atoms with van der Waals surface area (Å²) in [5.74, 6) is 1.81. The largest absolute Gasteiger partial charge is 0.391 e. The summed E-state index contributed by atoms with van der Waals surface area (Å²) in [4.78, 5) is 11.3. The van der Waals surface area contributed by atoms with Gasteiger partial charge in [0.05, 0.1) is 11.9 Å². The molecule has 1 aliphatic rings. The van der Waals surface area contributed by atoms with E-state index in [9.17, 15) is 9.90 Å². The fourth-order valence-corrected chi connectivity index (χ4v) is 2.25. The Labute approximate surface area is 95.2 Å². The van der Waals surface area contributed by atoms with Gasteiger partial charge in [0.15, 0.2) is 0 Å². The number of nitrogens with one attached hydrogen (secondary N) is 2. The molecule has 1 aliphatic heterocycles. The van der Waals surface area contributed by atoms with Gasteiger partial charge >= 0.3 is 0 Å². The summed E-state index contributed by atoms with van der Waals surface area (Å²) in [6, 6.07) is 0. The molecule has 1 amide bonds. The number of β-amino-alcohol motifs (C(OH)–C–C–N with tert-alkyl or cyclic N) is 1. The summed E-state index contributed by atoms with van der Waals surface area (Å²) < 4.78 is 0. The third-order valence-electron chi connectivity index (χ3n) is 2.45. The Balaban J connectivity index is 2.05. The molecule has 1 rings (SSSR count). The SMILES string of the molecule is CCCSCC(=O)NCC1CNCC1O. The number of amides is 1. The van der Waals surface area contributed by atoms with Crippen molar-refractivity contribution in [2.45, 2.75) is 19.4 Å². The highest BCUT2D eigenvalue weighted by molar-refractivity contribution is 7.99. The minimum atomic E-state index is -0.311. The standard InChI is InChI=1S/C10H20N2O2S/c1-2-3-15-7-10(14)12-5-8-4-11-6-9(8)13/h8-9,11,13H,2-7H2,1H3,(H,12,14). The lowest BCUT2D eigenvalue weighted by molar-refractivity contribution is -0.118. The highest BCUT2D eigenvalue weighted by atomic mass is 32.2. The fraction of sp³-hybridized carbons (Fsp3) is 0.900. The van der Waals surface area contributed by atoms with Crippen LogP contribution in [0.1, 0.15) is 13.3 Å². The van der Waals surface area contributed by atoms with Crippen molar-refractivity contribution < 1.29 is 9.90 Å². The van der Waals surface area contributed by atoms with Gasteiger partial charge in [-0.2, -0.15) is 11.8 Å². The van der Waals surface area contributed by atoms with Crippen molar-refractivity contribution in [1.29, 1.82) is 0 Å². The minimum absolute atomic E-state index is 0.0764. The van der Waals surface area contributed by atoms with Crippen LogP contribution in [0, 0.1) is 5.92 Å². The van der Waals surface area contributed by atoms with Crippen LogP contribution in [0.25, 0.3) is 0 Å². The number of carbonyl (C=O) groups is 1. The maximum absolute atomic E-state index is 11.3. The monoisotopic (exact) mass is 232 g/mol. The molecule has 0 radical (unpaired) electrons. The van der Waals surface area contributed by atoms with Crippen LogP contribution in [-0.2, 0) is 4.79 Å². The molecule has 88 valence electrons. The Hall–Kier alpha value is -0.260. The highest BCUT2D eigenvalue weighted by Crippen LogP contribution is 2.07. The summed E-state index contributed by atoms with van der Waals surface area (Å²) in [6.07, 6.45) is 0.789. The molecular formula is C10H20N2O2S. The van der Waals surface area contributed by atoms with E-state index in [2.05, 4.69) is 17.6 Å². The van der Waals surface area contributed by atoms with E-state index < -0.39 is 0 Å². The van der Waals surface area contributed by atoms with E-state index in [0.29, 0.717) is 18.8 Å². The normalized spacial score (nSPS) is 25.5. The molecule has 0 bridgehead atoms. The third kappa shape index (κ3) is 4.86. The molecule has 0 saturated carbocycles. The maximum atomic E-state index is 11.3. The van der Waals surface area contributed by atoms with Crippen molar-refractivity contribution in [3.63, 3.8) is 0 Å². The van der Waals surface area contributed by atoms with Crippen molar-refractivity contribution in [3.05, 3.63) is 0 Å². The van der Waals surface area contributed by atoms with Crippen molar-refractivity contribution in [2.24, 2.45) is 5.92 Å². The second-order valence-electron chi connectivity index (χ2n) is 3.84. The van der Waals surface area contributed by atoms with Crippen molar-refractivity contribution in [1.82, 2.24) is 10.6 Å². The number of aliphatic hydroxyl groups is 1. The minimum Gasteiger partial charge on any atom is -0.391 e. The Morgan fingerprint density at radius 2 is 2.40 bits per heavy atom. The van der Waals surface area contributed by atoms with E-state index in [0.717, 1.165) is 18.7 Å². The number of carbonyl (C=O) groups excluding carboxylic acids is 1. The van der Waals surface area contributed by atoms with Crippen LogP contribution in [-0.4, -0.2) is 48.3 Å². The van der Waals surface area contributed by atoms with Gasteiger partial charge in [-0.05, 0) is 12.2 Å². The summed E-state index contributed by atoms with van der Waals surface area (Å²) in [5.41, 5.74) is 0. The van der Waals surface area contributed by atoms with Gasteiger partial charge in [-0.15, -0.1) is 0 Å². The van der Waals surface area contributed by atoms with Crippen molar-refractivity contribution >= 4 is 17.7 Å². The molecule has 0 aromatic rings. The maximum Gasteiger partial charge on any atom is 0.230 e. The fourth-order valence-electron chi connectivity index (χ4n) is 1.53. The zero-order valence-electron chi connectivity index (χ0n) is 9.16. The number of hydrogen-bond acceptors (Lipinski definition) is 4. The summed E-state index contributed by atoms with van der Waals surface area (Å²) in [7, 11) is 0. The Kier molecular flexibility index (Phi) is 6.05. The van der Waals surface area contributed by atoms with Gasteiger partial charge in [0, 0.05) is 25.6 Å². The second kappa shape index (κ2) is 7.09. The lowest BCUT2D eigenvalue weighted by Gasteiger charge is -2.13. The summed E-state index contributed by atoms with van der Waals surface area (Å²) >= 11 is 1.65. The van der Waals surface area contributed by atoms with Crippen molar-refractivity contribution in [3.8, 4) is 0 Å². The lowest BCUT2D eigenvalue weighted by Crippen LogP contribution is -2.35. The quantitative estimate of drug-likeness (QED) is 0.556. The zero-order chi connectivity index (χ0) is 11.1. The molecule has 5 heteroatoms. The predicted molar refractivity (Wildman–Crippen MR) is 63.0 cm³/mol. The first kappa shape index (κ1) is 12.8. The Morgan fingerprint density at radius 1 is 1.60 bits per heavy atom. The van der Waals surface area contributed by atoms with E-state index >= 15 is 0 Å². The van der Waals surface area contributed by atoms with Gasteiger partial charge in [-0.1, -0.05) is 6.92 Å². The molecule has 1 saturated heterocycles. The molecule has 15 heavy (non-hydrogen) atoms. The predicted octanol–water partition coefficient (Wildman–Crippen LogP) is -0.174. The van der Waals surface area contributed by atoms with E-state index in [1.807, 2.05) is 0 Å². The van der Waals surface area contributed by atoms with E-state index in [1.165, 1.54) is 0 Å². The average molecular weight is 232 g/mol. The number of rotatable bonds is 6.